The van der Waals surface area contributed by atoms with Gasteiger partial charge in [0.05, 0.1) is 17.7 Å². The number of nitrogen functional groups attached to an aromatic ring is 1. The van der Waals surface area contributed by atoms with E-state index in [-0.39, 0.29) is 21.9 Å². The molecule has 0 bridgehead atoms. The second-order valence-corrected chi connectivity index (χ2v) is 5.68. The Kier molecular flexibility index (Phi) is 4.27. The maximum absolute atomic E-state index is 12.8. The summed E-state index contributed by atoms with van der Waals surface area (Å²) in [6, 6.07) is 10.2. The fourth-order valence-electron chi connectivity index (χ4n) is 2.07. The molecule has 124 valence electrons. The average Bonchev–Trinajstić information content (AvgIpc) is 2.97. The SMILES string of the molecule is Nc1cc(C(F)(F)F)c(Br)nc1-c1nnc(Cc2ccccc2)o1. The molecule has 1 aromatic carbocycles. The molecule has 9 heteroatoms. The minimum atomic E-state index is -4.56. The number of nitrogens with two attached hydrogens (primary N) is 1. The third-order valence-corrected chi connectivity index (χ3v) is 3.78. The Labute approximate surface area is 142 Å². The zero-order valence-corrected chi connectivity index (χ0v) is 13.6. The molecule has 0 atom stereocenters. The highest BCUT2D eigenvalue weighted by atomic mass is 79.9. The topological polar surface area (TPSA) is 77.8 Å². The first-order valence-corrected chi connectivity index (χ1v) is 7.54. The Morgan fingerprint density at radius 2 is 1.83 bits per heavy atom. The summed E-state index contributed by atoms with van der Waals surface area (Å²) < 4.78 is 43.6. The third kappa shape index (κ3) is 3.40. The minimum Gasteiger partial charge on any atom is -0.419 e. The fraction of sp³-hybridized carbons (Fsp3) is 0.133. The highest BCUT2D eigenvalue weighted by Crippen LogP contribution is 2.37. The number of halogens is 4. The molecular formula is C15H10BrF3N4O. The van der Waals surface area contributed by atoms with Crippen LogP contribution in [0, 0.1) is 0 Å². The molecule has 0 aliphatic heterocycles. The Morgan fingerprint density at radius 3 is 2.50 bits per heavy atom. The molecule has 0 fully saturated rings. The number of aromatic nitrogens is 3. The van der Waals surface area contributed by atoms with Crippen molar-refractivity contribution in [1.82, 2.24) is 15.2 Å². The van der Waals surface area contributed by atoms with Gasteiger partial charge in [-0.1, -0.05) is 30.3 Å². The van der Waals surface area contributed by atoms with E-state index in [9.17, 15) is 13.2 Å². The third-order valence-electron chi connectivity index (χ3n) is 3.18. The lowest BCUT2D eigenvalue weighted by atomic mass is 10.1. The number of rotatable bonds is 3. The van der Waals surface area contributed by atoms with Gasteiger partial charge in [-0.3, -0.25) is 0 Å². The zero-order chi connectivity index (χ0) is 17.3. The van der Waals surface area contributed by atoms with E-state index in [1.807, 2.05) is 30.3 Å². The van der Waals surface area contributed by atoms with Crippen molar-refractivity contribution in [2.24, 2.45) is 0 Å². The van der Waals surface area contributed by atoms with Crippen molar-refractivity contribution in [3.8, 4) is 11.6 Å². The summed E-state index contributed by atoms with van der Waals surface area (Å²) in [6.45, 7) is 0. The van der Waals surface area contributed by atoms with Crippen LogP contribution in [0.3, 0.4) is 0 Å². The highest BCUT2D eigenvalue weighted by Gasteiger charge is 2.35. The molecule has 0 spiro atoms. The van der Waals surface area contributed by atoms with E-state index in [2.05, 4.69) is 31.1 Å². The largest absolute Gasteiger partial charge is 0.419 e. The molecule has 0 aliphatic carbocycles. The Hall–Kier alpha value is -2.42. The first kappa shape index (κ1) is 16.4. The van der Waals surface area contributed by atoms with Crippen molar-refractivity contribution in [3.05, 3.63) is 58.0 Å². The fourth-order valence-corrected chi connectivity index (χ4v) is 2.58. The number of hydrogen-bond acceptors (Lipinski definition) is 5. The summed E-state index contributed by atoms with van der Waals surface area (Å²) >= 11 is 2.80. The summed E-state index contributed by atoms with van der Waals surface area (Å²) in [6.07, 6.45) is -4.17. The van der Waals surface area contributed by atoms with Gasteiger partial charge in [0.25, 0.3) is 5.89 Å². The molecule has 2 N–H and O–H groups in total. The molecule has 0 saturated carbocycles. The van der Waals surface area contributed by atoms with Gasteiger partial charge in [-0.05, 0) is 27.6 Å². The van der Waals surface area contributed by atoms with E-state index in [1.165, 1.54) is 0 Å². The van der Waals surface area contributed by atoms with Gasteiger partial charge in [0, 0.05) is 0 Å². The van der Waals surface area contributed by atoms with Gasteiger partial charge in [-0.25, -0.2) is 4.98 Å². The summed E-state index contributed by atoms with van der Waals surface area (Å²) in [5.74, 6) is 0.279. The first-order valence-electron chi connectivity index (χ1n) is 6.74. The van der Waals surface area contributed by atoms with Crippen LogP contribution in [0.1, 0.15) is 17.0 Å². The van der Waals surface area contributed by atoms with Gasteiger partial charge in [-0.2, -0.15) is 13.2 Å². The van der Waals surface area contributed by atoms with Crippen molar-refractivity contribution in [1.29, 1.82) is 0 Å². The molecule has 0 saturated heterocycles. The normalized spacial score (nSPS) is 11.7. The van der Waals surface area contributed by atoms with E-state index in [1.54, 1.807) is 0 Å². The molecule has 2 heterocycles. The maximum atomic E-state index is 12.8. The Balaban J connectivity index is 1.92. The minimum absolute atomic E-state index is 0.00156. The first-order chi connectivity index (χ1) is 11.3. The van der Waals surface area contributed by atoms with Gasteiger partial charge in [0.1, 0.15) is 4.60 Å². The lowest BCUT2D eigenvalue weighted by Gasteiger charge is -2.10. The molecular weight excluding hydrogens is 389 g/mol. The molecule has 3 rings (SSSR count). The quantitative estimate of drug-likeness (QED) is 0.672. The summed E-state index contributed by atoms with van der Waals surface area (Å²) in [4.78, 5) is 3.81. The molecule has 0 amide bonds. The van der Waals surface area contributed by atoms with Crippen LogP contribution in [0.15, 0.2) is 45.4 Å². The summed E-state index contributed by atoms with van der Waals surface area (Å²) in [7, 11) is 0. The smallest absolute Gasteiger partial charge is 0.419 e. The molecule has 5 nitrogen and oxygen atoms in total. The summed E-state index contributed by atoms with van der Waals surface area (Å²) in [5, 5.41) is 7.70. The van der Waals surface area contributed by atoms with Crippen molar-refractivity contribution in [2.75, 3.05) is 5.73 Å². The Bertz CT molecular complexity index is 865. The maximum Gasteiger partial charge on any atom is 0.419 e. The number of hydrogen-bond donors (Lipinski definition) is 1. The molecule has 0 unspecified atom stereocenters. The number of benzene rings is 1. The van der Waals surface area contributed by atoms with E-state index < -0.39 is 11.7 Å². The molecule has 2 aromatic heterocycles. The van der Waals surface area contributed by atoms with Crippen LogP contribution < -0.4 is 5.73 Å². The lowest BCUT2D eigenvalue weighted by molar-refractivity contribution is -0.138. The van der Waals surface area contributed by atoms with Gasteiger partial charge in [-0.15, -0.1) is 10.2 Å². The van der Waals surface area contributed by atoms with Gasteiger partial charge < -0.3 is 10.2 Å². The van der Waals surface area contributed by atoms with E-state index in [0.717, 1.165) is 11.6 Å². The standard InChI is InChI=1S/C15H10BrF3N4O/c16-13-9(15(17,18)19)7-10(20)12(21-13)14-23-22-11(24-14)6-8-4-2-1-3-5-8/h1-5,7H,6,20H2. The van der Waals surface area contributed by atoms with E-state index >= 15 is 0 Å². The van der Waals surface area contributed by atoms with Crippen molar-refractivity contribution < 1.29 is 17.6 Å². The van der Waals surface area contributed by atoms with Gasteiger partial charge >= 0.3 is 6.18 Å². The summed E-state index contributed by atoms with van der Waals surface area (Å²) in [5.41, 5.74) is 5.47. The number of pyridine rings is 1. The molecule has 24 heavy (non-hydrogen) atoms. The van der Waals surface area contributed by atoms with Crippen LogP contribution in [0.2, 0.25) is 0 Å². The Morgan fingerprint density at radius 1 is 1.12 bits per heavy atom. The van der Waals surface area contributed by atoms with Crippen LogP contribution in [-0.4, -0.2) is 15.2 Å². The van der Waals surface area contributed by atoms with Crippen LogP contribution in [0.5, 0.6) is 0 Å². The predicted molar refractivity (Wildman–Crippen MR) is 83.9 cm³/mol. The average molecular weight is 399 g/mol. The number of alkyl halides is 3. The molecule has 3 aromatic rings. The van der Waals surface area contributed by atoms with E-state index in [0.29, 0.717) is 12.3 Å². The second kappa shape index (κ2) is 6.23. The zero-order valence-electron chi connectivity index (χ0n) is 12.0. The lowest BCUT2D eigenvalue weighted by Crippen LogP contribution is -2.09. The molecule has 0 radical (unpaired) electrons. The highest BCUT2D eigenvalue weighted by molar-refractivity contribution is 9.10. The molecule has 0 aliphatic rings. The van der Waals surface area contributed by atoms with E-state index in [4.69, 9.17) is 10.2 Å². The van der Waals surface area contributed by atoms with Crippen LogP contribution in [-0.2, 0) is 12.6 Å². The van der Waals surface area contributed by atoms with Gasteiger partial charge in [0.2, 0.25) is 5.89 Å². The number of nitrogens with zero attached hydrogens (tertiary/aromatic N) is 3. The number of anilines is 1. The van der Waals surface area contributed by atoms with Crippen molar-refractivity contribution in [2.45, 2.75) is 12.6 Å². The predicted octanol–water partition coefficient (Wildman–Crippen LogP) is 4.09. The monoisotopic (exact) mass is 398 g/mol. The second-order valence-electron chi connectivity index (χ2n) is 4.93. The van der Waals surface area contributed by atoms with Crippen LogP contribution in [0.25, 0.3) is 11.6 Å². The van der Waals surface area contributed by atoms with Gasteiger partial charge in [0.15, 0.2) is 5.69 Å². The van der Waals surface area contributed by atoms with Crippen LogP contribution >= 0.6 is 15.9 Å². The van der Waals surface area contributed by atoms with Crippen molar-refractivity contribution in [3.63, 3.8) is 0 Å². The van der Waals surface area contributed by atoms with Crippen molar-refractivity contribution >= 4 is 21.6 Å². The van der Waals surface area contributed by atoms with Crippen LogP contribution in [0.4, 0.5) is 18.9 Å².